The normalized spacial score (nSPS) is 12.3. The summed E-state index contributed by atoms with van der Waals surface area (Å²) in [6.07, 6.45) is -5.65. The van der Waals surface area contributed by atoms with E-state index in [1.54, 1.807) is 0 Å². The highest BCUT2D eigenvalue weighted by Crippen LogP contribution is 2.27. The zero-order chi connectivity index (χ0) is 20.2. The third-order valence-corrected chi connectivity index (χ3v) is 3.18. The first kappa shape index (κ1) is 19.8. The van der Waals surface area contributed by atoms with E-state index in [4.69, 9.17) is 14.6 Å². The summed E-state index contributed by atoms with van der Waals surface area (Å²) in [6.45, 7) is 0. The Bertz CT molecular complexity index is 842. The van der Waals surface area contributed by atoms with Crippen molar-refractivity contribution in [2.24, 2.45) is 0 Å². The van der Waals surface area contributed by atoms with E-state index in [0.29, 0.717) is 5.56 Å². The van der Waals surface area contributed by atoms with Crippen molar-refractivity contribution in [1.82, 2.24) is 5.32 Å². The second kappa shape index (κ2) is 7.81. The minimum Gasteiger partial charge on any atom is -0.481 e. The summed E-state index contributed by atoms with van der Waals surface area (Å²) in [5.41, 5.74) is 0.337. The summed E-state index contributed by atoms with van der Waals surface area (Å²) >= 11 is 0. The number of ether oxygens (including phenoxy) is 1. The van der Waals surface area contributed by atoms with Crippen LogP contribution in [0, 0.1) is 0 Å². The molecule has 11 heteroatoms. The summed E-state index contributed by atoms with van der Waals surface area (Å²) in [7, 11) is 0. The van der Waals surface area contributed by atoms with Crippen LogP contribution in [0.5, 0.6) is 5.75 Å². The molecular weight excluding hydrogens is 375 g/mol. The number of carbonyl (C=O) groups is 3. The lowest BCUT2D eigenvalue weighted by atomic mass is 10.2. The number of amides is 1. The van der Waals surface area contributed by atoms with Crippen LogP contribution in [0.25, 0.3) is 11.3 Å². The van der Waals surface area contributed by atoms with Gasteiger partial charge < -0.3 is 24.7 Å². The number of furan rings is 1. The standard InChI is InChI=1S/C16H12F3NO7/c17-16(18,19)27-9-3-1-8(2-4-9)11-5-6-12(26-11)14(23)20-10(15(24)25)7-13(21)22/h1-6,10H,7H2,(H,20,23)(H,21,22)(H,24,25)/t10-/m0/s1. The number of carbonyl (C=O) groups excluding carboxylic acids is 1. The van der Waals surface area contributed by atoms with E-state index < -0.39 is 42.4 Å². The van der Waals surface area contributed by atoms with E-state index in [0.717, 1.165) is 12.1 Å². The molecule has 2 rings (SSSR count). The van der Waals surface area contributed by atoms with Crippen LogP contribution in [-0.4, -0.2) is 40.5 Å². The molecule has 1 aromatic carbocycles. The summed E-state index contributed by atoms with van der Waals surface area (Å²) < 4.78 is 45.4. The zero-order valence-electron chi connectivity index (χ0n) is 13.3. The van der Waals surface area contributed by atoms with Crippen LogP contribution in [0.4, 0.5) is 13.2 Å². The molecule has 1 atom stereocenters. The minimum atomic E-state index is -4.83. The molecule has 1 heterocycles. The third kappa shape index (κ3) is 5.76. The van der Waals surface area contributed by atoms with Crippen LogP contribution in [0.2, 0.25) is 0 Å². The average molecular weight is 387 g/mol. The highest BCUT2D eigenvalue weighted by molar-refractivity contribution is 5.95. The van der Waals surface area contributed by atoms with Gasteiger partial charge in [0, 0.05) is 5.56 Å². The van der Waals surface area contributed by atoms with Gasteiger partial charge in [0.15, 0.2) is 5.76 Å². The van der Waals surface area contributed by atoms with Crippen molar-refractivity contribution in [2.75, 3.05) is 0 Å². The van der Waals surface area contributed by atoms with Gasteiger partial charge in [0.1, 0.15) is 17.6 Å². The molecule has 1 aromatic heterocycles. The van der Waals surface area contributed by atoms with Gasteiger partial charge in [-0.15, -0.1) is 13.2 Å². The van der Waals surface area contributed by atoms with Gasteiger partial charge in [-0.1, -0.05) is 0 Å². The van der Waals surface area contributed by atoms with Gasteiger partial charge in [0.05, 0.1) is 6.42 Å². The molecule has 0 saturated carbocycles. The maximum atomic E-state index is 12.1. The van der Waals surface area contributed by atoms with Gasteiger partial charge in [-0.3, -0.25) is 9.59 Å². The van der Waals surface area contributed by atoms with Crippen molar-refractivity contribution in [3.63, 3.8) is 0 Å². The molecule has 0 spiro atoms. The van der Waals surface area contributed by atoms with E-state index in [9.17, 15) is 27.6 Å². The molecule has 27 heavy (non-hydrogen) atoms. The summed E-state index contributed by atoms with van der Waals surface area (Å²) in [4.78, 5) is 33.6. The van der Waals surface area contributed by atoms with Crippen LogP contribution < -0.4 is 10.1 Å². The van der Waals surface area contributed by atoms with E-state index in [2.05, 4.69) is 4.74 Å². The first-order valence-electron chi connectivity index (χ1n) is 7.26. The molecule has 1 amide bonds. The number of alkyl halides is 3. The predicted molar refractivity (Wildman–Crippen MR) is 82.0 cm³/mol. The lowest BCUT2D eigenvalue weighted by Gasteiger charge is -2.11. The number of rotatable bonds is 7. The highest BCUT2D eigenvalue weighted by atomic mass is 19.4. The Kier molecular flexibility index (Phi) is 5.73. The number of hydrogen-bond donors (Lipinski definition) is 3. The van der Waals surface area contributed by atoms with Crippen molar-refractivity contribution in [3.8, 4) is 17.1 Å². The van der Waals surface area contributed by atoms with Gasteiger partial charge in [-0.05, 0) is 36.4 Å². The summed E-state index contributed by atoms with van der Waals surface area (Å²) in [5, 5.41) is 19.6. The van der Waals surface area contributed by atoms with Crippen molar-refractivity contribution >= 4 is 17.8 Å². The molecule has 0 unspecified atom stereocenters. The second-order valence-electron chi connectivity index (χ2n) is 5.20. The molecule has 0 radical (unpaired) electrons. The maximum Gasteiger partial charge on any atom is 0.573 e. The molecule has 0 bridgehead atoms. The van der Waals surface area contributed by atoms with Crippen molar-refractivity contribution in [2.45, 2.75) is 18.8 Å². The second-order valence-corrected chi connectivity index (χ2v) is 5.20. The SMILES string of the molecule is O=C(O)C[C@H](NC(=O)c1ccc(-c2ccc(OC(F)(F)F)cc2)o1)C(=O)O. The molecule has 0 aliphatic heterocycles. The molecule has 0 saturated heterocycles. The predicted octanol–water partition coefficient (Wildman–Crippen LogP) is 2.50. The minimum absolute atomic E-state index is 0.129. The molecule has 2 aromatic rings. The molecular formula is C16H12F3NO7. The van der Waals surface area contributed by atoms with Gasteiger partial charge >= 0.3 is 18.3 Å². The van der Waals surface area contributed by atoms with Crippen molar-refractivity contribution < 1.29 is 46.9 Å². The van der Waals surface area contributed by atoms with Gasteiger partial charge in [0.25, 0.3) is 5.91 Å². The first-order chi connectivity index (χ1) is 12.5. The summed E-state index contributed by atoms with van der Waals surface area (Å²) in [6, 6.07) is 5.56. The van der Waals surface area contributed by atoms with Crippen LogP contribution in [-0.2, 0) is 9.59 Å². The first-order valence-corrected chi connectivity index (χ1v) is 7.26. The molecule has 144 valence electrons. The Labute approximate surface area is 149 Å². The lowest BCUT2D eigenvalue weighted by molar-refractivity contribution is -0.274. The topological polar surface area (TPSA) is 126 Å². The number of aliphatic carboxylic acids is 2. The number of halogens is 3. The van der Waals surface area contributed by atoms with E-state index >= 15 is 0 Å². The molecule has 0 aliphatic rings. The van der Waals surface area contributed by atoms with Crippen molar-refractivity contribution in [1.29, 1.82) is 0 Å². The molecule has 8 nitrogen and oxygen atoms in total. The van der Waals surface area contributed by atoms with Crippen LogP contribution in [0.15, 0.2) is 40.8 Å². The summed E-state index contributed by atoms with van der Waals surface area (Å²) in [5.74, 6) is -4.50. The van der Waals surface area contributed by atoms with E-state index in [1.807, 2.05) is 5.32 Å². The number of carboxylic acid groups (broad SMARTS) is 2. The molecule has 3 N–H and O–H groups in total. The van der Waals surface area contributed by atoms with Crippen LogP contribution in [0.1, 0.15) is 17.0 Å². The fourth-order valence-electron chi connectivity index (χ4n) is 2.04. The van der Waals surface area contributed by atoms with E-state index in [1.165, 1.54) is 24.3 Å². The molecule has 0 fully saturated rings. The largest absolute Gasteiger partial charge is 0.573 e. The Morgan fingerprint density at radius 2 is 1.70 bits per heavy atom. The Balaban J connectivity index is 2.10. The quantitative estimate of drug-likeness (QED) is 0.666. The van der Waals surface area contributed by atoms with Crippen LogP contribution in [0.3, 0.4) is 0 Å². The number of carboxylic acids is 2. The number of benzene rings is 1. The Morgan fingerprint density at radius 1 is 1.07 bits per heavy atom. The molecule has 0 aliphatic carbocycles. The van der Waals surface area contributed by atoms with E-state index in [-0.39, 0.29) is 11.5 Å². The van der Waals surface area contributed by atoms with Gasteiger partial charge in [-0.2, -0.15) is 0 Å². The zero-order valence-corrected chi connectivity index (χ0v) is 13.3. The van der Waals surface area contributed by atoms with Gasteiger partial charge in [-0.25, -0.2) is 4.79 Å². The van der Waals surface area contributed by atoms with Gasteiger partial charge in [0.2, 0.25) is 0 Å². The Hall–Kier alpha value is -3.50. The lowest BCUT2D eigenvalue weighted by Crippen LogP contribution is -2.42. The number of hydrogen-bond acceptors (Lipinski definition) is 5. The smallest absolute Gasteiger partial charge is 0.481 e. The fraction of sp³-hybridized carbons (Fsp3) is 0.188. The van der Waals surface area contributed by atoms with Crippen LogP contribution >= 0.6 is 0 Å². The third-order valence-electron chi connectivity index (χ3n) is 3.18. The highest BCUT2D eigenvalue weighted by Gasteiger charge is 2.31. The average Bonchev–Trinajstić information content (AvgIpc) is 3.03. The maximum absolute atomic E-state index is 12.1. The number of nitrogens with one attached hydrogen (secondary N) is 1. The monoisotopic (exact) mass is 387 g/mol. The Morgan fingerprint density at radius 3 is 2.22 bits per heavy atom. The van der Waals surface area contributed by atoms with Crippen molar-refractivity contribution in [3.05, 3.63) is 42.2 Å². The fourth-order valence-corrected chi connectivity index (χ4v) is 2.04.